The van der Waals surface area contributed by atoms with Gasteiger partial charge < -0.3 is 14.6 Å². The Bertz CT molecular complexity index is 949. The minimum atomic E-state index is -0.818. The minimum absolute atomic E-state index is 0.237. The van der Waals surface area contributed by atoms with Crippen LogP contribution in [0.3, 0.4) is 0 Å². The molecule has 0 aliphatic carbocycles. The number of aromatic nitrogens is 1. The van der Waals surface area contributed by atoms with Crippen LogP contribution in [0, 0.1) is 22.7 Å². The summed E-state index contributed by atoms with van der Waals surface area (Å²) in [5, 5.41) is 22.0. The molecule has 7 heteroatoms. The van der Waals surface area contributed by atoms with Gasteiger partial charge in [-0.1, -0.05) is 12.1 Å². The average molecular weight is 366 g/mol. The zero-order valence-electron chi connectivity index (χ0n) is 15.8. The van der Waals surface area contributed by atoms with Gasteiger partial charge in [-0.25, -0.2) is 4.79 Å². The van der Waals surface area contributed by atoms with E-state index in [0.717, 1.165) is 22.0 Å². The number of ether oxygens (including phenoxy) is 1. The van der Waals surface area contributed by atoms with Crippen LogP contribution in [0.5, 0.6) is 0 Å². The Morgan fingerprint density at radius 1 is 1.26 bits per heavy atom. The summed E-state index contributed by atoms with van der Waals surface area (Å²) in [7, 11) is 1.27. The fraction of sp³-hybridized carbons (Fsp3) is 0.400. The van der Waals surface area contributed by atoms with E-state index in [1.165, 1.54) is 14.0 Å². The number of nitrogens with one attached hydrogen (secondary N) is 1. The number of carbonyl (C=O) groups is 2. The molecule has 0 aliphatic heterocycles. The minimum Gasteiger partial charge on any atom is -0.467 e. The van der Waals surface area contributed by atoms with Gasteiger partial charge in [0.25, 0.3) is 0 Å². The number of esters is 1. The summed E-state index contributed by atoms with van der Waals surface area (Å²) >= 11 is 0. The number of fused-ring (bicyclic) bond motifs is 1. The molecule has 0 bridgehead atoms. The van der Waals surface area contributed by atoms with Gasteiger partial charge in [0, 0.05) is 30.4 Å². The lowest BCUT2D eigenvalue weighted by Crippen LogP contribution is -2.41. The van der Waals surface area contributed by atoms with E-state index in [-0.39, 0.29) is 18.2 Å². The summed E-state index contributed by atoms with van der Waals surface area (Å²) in [6.45, 7) is 4.93. The van der Waals surface area contributed by atoms with Gasteiger partial charge in [0.2, 0.25) is 5.91 Å². The van der Waals surface area contributed by atoms with Crippen LogP contribution >= 0.6 is 0 Å². The molecule has 0 saturated carbocycles. The van der Waals surface area contributed by atoms with Gasteiger partial charge in [-0.15, -0.1) is 0 Å². The number of amides is 1. The quantitative estimate of drug-likeness (QED) is 0.791. The third-order valence-electron chi connectivity index (χ3n) is 4.53. The van der Waals surface area contributed by atoms with Crippen molar-refractivity contribution in [3.63, 3.8) is 0 Å². The van der Waals surface area contributed by atoms with Gasteiger partial charge in [-0.2, -0.15) is 10.5 Å². The Labute approximate surface area is 158 Å². The fourth-order valence-electron chi connectivity index (χ4n) is 3.03. The van der Waals surface area contributed by atoms with Gasteiger partial charge in [0.1, 0.15) is 12.1 Å². The number of carbonyl (C=O) groups excluding carboxylic acids is 2. The summed E-state index contributed by atoms with van der Waals surface area (Å²) < 4.78 is 6.61. The molecular formula is C20H22N4O3. The lowest BCUT2D eigenvalue weighted by molar-refractivity contribution is -0.144. The predicted molar refractivity (Wildman–Crippen MR) is 99.6 cm³/mol. The van der Waals surface area contributed by atoms with E-state index in [0.29, 0.717) is 0 Å². The highest BCUT2D eigenvalue weighted by atomic mass is 16.5. The molecule has 27 heavy (non-hydrogen) atoms. The Morgan fingerprint density at radius 2 is 1.96 bits per heavy atom. The van der Waals surface area contributed by atoms with Crippen molar-refractivity contribution in [2.75, 3.05) is 7.11 Å². The van der Waals surface area contributed by atoms with Crippen LogP contribution in [0.2, 0.25) is 0 Å². The maximum atomic E-state index is 12.0. The normalized spacial score (nSPS) is 13.9. The van der Waals surface area contributed by atoms with Crippen LogP contribution in [0.1, 0.15) is 43.9 Å². The Morgan fingerprint density at radius 3 is 2.52 bits per heavy atom. The van der Waals surface area contributed by atoms with Crippen LogP contribution in [0.4, 0.5) is 0 Å². The second-order valence-electron chi connectivity index (χ2n) is 6.47. The standard InChI is InChI=1S/C20H22N4O3/c1-12(9-21)15-5-6-17-16(7-18(20(26)27-4)23-14(3)25)11-24(13(2)10-22)19(17)8-15/h5-6,8,11-13,18H,7H2,1-4H3,(H,23,25). The topological polar surface area (TPSA) is 108 Å². The zero-order valence-corrected chi connectivity index (χ0v) is 15.8. The molecule has 2 rings (SSSR count). The first kappa shape index (κ1) is 20.0. The van der Waals surface area contributed by atoms with E-state index in [1.807, 2.05) is 35.9 Å². The molecule has 140 valence electrons. The predicted octanol–water partition coefficient (Wildman–Crippen LogP) is 2.57. The number of methoxy groups -OCH3 is 1. The van der Waals surface area contributed by atoms with Crippen LogP contribution in [0.25, 0.3) is 10.9 Å². The maximum absolute atomic E-state index is 12.0. The van der Waals surface area contributed by atoms with Crippen molar-refractivity contribution < 1.29 is 14.3 Å². The van der Waals surface area contributed by atoms with Crippen molar-refractivity contribution in [1.82, 2.24) is 9.88 Å². The highest BCUT2D eigenvalue weighted by molar-refractivity contribution is 5.88. The molecule has 0 aliphatic rings. The van der Waals surface area contributed by atoms with Crippen molar-refractivity contribution in [3.8, 4) is 12.1 Å². The average Bonchev–Trinajstić information content (AvgIpc) is 3.02. The largest absolute Gasteiger partial charge is 0.467 e. The van der Waals surface area contributed by atoms with Crippen molar-refractivity contribution in [1.29, 1.82) is 10.5 Å². The van der Waals surface area contributed by atoms with E-state index in [1.54, 1.807) is 6.92 Å². The van der Waals surface area contributed by atoms with E-state index in [2.05, 4.69) is 17.5 Å². The zero-order chi connectivity index (χ0) is 20.1. The molecule has 1 heterocycles. The number of hydrogen-bond donors (Lipinski definition) is 1. The number of hydrogen-bond acceptors (Lipinski definition) is 5. The summed E-state index contributed by atoms with van der Waals surface area (Å²) in [6.07, 6.45) is 2.05. The number of benzene rings is 1. The molecule has 0 fully saturated rings. The molecule has 0 spiro atoms. The molecule has 2 aromatic rings. The maximum Gasteiger partial charge on any atom is 0.328 e. The van der Waals surface area contributed by atoms with E-state index >= 15 is 0 Å². The van der Waals surface area contributed by atoms with E-state index in [9.17, 15) is 20.1 Å². The van der Waals surface area contributed by atoms with Crippen LogP contribution in [-0.2, 0) is 20.7 Å². The summed E-state index contributed by atoms with van der Waals surface area (Å²) in [5.74, 6) is -1.14. The van der Waals surface area contributed by atoms with Crippen molar-refractivity contribution in [2.45, 2.75) is 45.2 Å². The SMILES string of the molecule is COC(=O)C(Cc1cn(C(C)C#N)c2cc(C(C)C#N)ccc12)NC(C)=O. The van der Waals surface area contributed by atoms with Gasteiger partial charge in [-0.05, 0) is 31.0 Å². The lowest BCUT2D eigenvalue weighted by atomic mass is 9.99. The van der Waals surface area contributed by atoms with E-state index < -0.39 is 18.1 Å². The van der Waals surface area contributed by atoms with Gasteiger partial charge in [0.15, 0.2) is 0 Å². The highest BCUT2D eigenvalue weighted by Crippen LogP contribution is 2.29. The second kappa shape index (κ2) is 8.37. The molecule has 1 N–H and O–H groups in total. The summed E-state index contributed by atoms with van der Waals surface area (Å²) in [5.41, 5.74) is 2.48. The van der Waals surface area contributed by atoms with Gasteiger partial charge >= 0.3 is 5.97 Å². The summed E-state index contributed by atoms with van der Waals surface area (Å²) in [6, 6.07) is 8.82. The molecule has 7 nitrogen and oxygen atoms in total. The Balaban J connectivity index is 2.56. The second-order valence-corrected chi connectivity index (χ2v) is 6.47. The smallest absolute Gasteiger partial charge is 0.328 e. The monoisotopic (exact) mass is 366 g/mol. The number of rotatable bonds is 6. The fourth-order valence-corrected chi connectivity index (χ4v) is 3.03. The molecule has 0 radical (unpaired) electrons. The van der Waals surface area contributed by atoms with Crippen molar-refractivity contribution >= 4 is 22.8 Å². The van der Waals surface area contributed by atoms with E-state index in [4.69, 9.17) is 4.74 Å². The number of nitriles is 2. The van der Waals surface area contributed by atoms with Crippen molar-refractivity contribution in [2.24, 2.45) is 0 Å². The first-order chi connectivity index (χ1) is 12.8. The highest BCUT2D eigenvalue weighted by Gasteiger charge is 2.24. The molecule has 1 aromatic carbocycles. The van der Waals surface area contributed by atoms with Crippen LogP contribution in [0.15, 0.2) is 24.4 Å². The summed E-state index contributed by atoms with van der Waals surface area (Å²) in [4.78, 5) is 23.5. The number of nitrogens with zero attached hydrogens (tertiary/aromatic N) is 3. The Kier molecular flexibility index (Phi) is 6.20. The van der Waals surface area contributed by atoms with Gasteiger partial charge in [-0.3, -0.25) is 4.79 Å². The molecule has 1 aromatic heterocycles. The molecule has 3 unspecified atom stereocenters. The molecule has 3 atom stereocenters. The van der Waals surface area contributed by atoms with Crippen molar-refractivity contribution in [3.05, 3.63) is 35.5 Å². The van der Waals surface area contributed by atoms with Crippen LogP contribution in [-0.4, -0.2) is 29.6 Å². The lowest BCUT2D eigenvalue weighted by Gasteiger charge is -2.15. The first-order valence-corrected chi connectivity index (χ1v) is 8.59. The van der Waals surface area contributed by atoms with Crippen LogP contribution < -0.4 is 5.32 Å². The van der Waals surface area contributed by atoms with Gasteiger partial charge in [0.05, 0.1) is 25.2 Å². The third-order valence-corrected chi connectivity index (χ3v) is 4.53. The third kappa shape index (κ3) is 4.27. The molecular weight excluding hydrogens is 344 g/mol. The Hall–Kier alpha value is -3.32. The molecule has 1 amide bonds. The first-order valence-electron chi connectivity index (χ1n) is 8.59. The molecule has 0 saturated heterocycles.